The zero-order valence-electron chi connectivity index (χ0n) is 21.4. The minimum atomic E-state index is -0.123. The van der Waals surface area contributed by atoms with Crippen LogP contribution in [0.2, 0.25) is 0 Å². The van der Waals surface area contributed by atoms with Crippen molar-refractivity contribution in [1.29, 1.82) is 5.26 Å². The molecule has 0 saturated heterocycles. The third-order valence-corrected chi connectivity index (χ3v) is 7.97. The van der Waals surface area contributed by atoms with Gasteiger partial charge in [0.1, 0.15) is 0 Å². The minimum absolute atomic E-state index is 0.123. The van der Waals surface area contributed by atoms with Crippen LogP contribution < -0.4 is 0 Å². The normalized spacial score (nSPS) is 20.2. The molecular formula is C32H45NO. The molecule has 2 nitrogen and oxygen atoms in total. The molecule has 1 N–H and O–H groups in total. The number of nitrogens with zero attached hydrogens (tertiary/aromatic N) is 1. The molecule has 184 valence electrons. The van der Waals surface area contributed by atoms with E-state index < -0.39 is 0 Å². The molecule has 0 bridgehead atoms. The van der Waals surface area contributed by atoms with Crippen LogP contribution in [0, 0.1) is 16.7 Å². The van der Waals surface area contributed by atoms with Gasteiger partial charge < -0.3 is 5.11 Å². The van der Waals surface area contributed by atoms with Crippen molar-refractivity contribution in [1.82, 2.24) is 0 Å². The summed E-state index contributed by atoms with van der Waals surface area (Å²) in [5, 5.41) is 19.0. The van der Waals surface area contributed by atoms with Crippen molar-refractivity contribution < 1.29 is 5.11 Å². The lowest BCUT2D eigenvalue weighted by Gasteiger charge is -2.36. The van der Waals surface area contributed by atoms with Crippen molar-refractivity contribution in [3.63, 3.8) is 0 Å². The molecule has 0 radical (unpaired) electrons. The Balaban J connectivity index is 1.45. The molecule has 3 rings (SSSR count). The Bertz CT molecular complexity index is 863. The van der Waals surface area contributed by atoms with Crippen LogP contribution in [-0.4, -0.2) is 11.7 Å². The van der Waals surface area contributed by atoms with E-state index in [2.05, 4.69) is 61.5 Å². The summed E-state index contributed by atoms with van der Waals surface area (Å²) in [7, 11) is 0. The number of hydrogen-bond donors (Lipinski definition) is 1. The van der Waals surface area contributed by atoms with Crippen LogP contribution in [-0.2, 0) is 6.42 Å². The van der Waals surface area contributed by atoms with Gasteiger partial charge in [0.25, 0.3) is 0 Å². The first-order valence-electron chi connectivity index (χ1n) is 13.9. The Morgan fingerprint density at radius 1 is 0.824 bits per heavy atom. The van der Waals surface area contributed by atoms with Crippen LogP contribution >= 0.6 is 0 Å². The standard InChI is InChI=1S/C32H45NO/c1-2-27-14-16-28(17-15-27)29-18-20-30(21-19-29)31-13-12-23-32(25-31,26-33)22-10-8-6-4-3-5-7-9-11-24-34/h14-21,31,34H,2-13,22-25H2,1H3. The predicted octanol–water partition coefficient (Wildman–Crippen LogP) is 8.98. The Hall–Kier alpha value is -2.11. The van der Waals surface area contributed by atoms with Crippen LogP contribution in [0.4, 0.5) is 0 Å². The van der Waals surface area contributed by atoms with Gasteiger partial charge >= 0.3 is 0 Å². The molecule has 0 heterocycles. The third kappa shape index (κ3) is 7.99. The average Bonchev–Trinajstić information content (AvgIpc) is 2.90. The Kier molecular flexibility index (Phi) is 11.2. The predicted molar refractivity (Wildman–Crippen MR) is 144 cm³/mol. The Morgan fingerprint density at radius 2 is 1.38 bits per heavy atom. The van der Waals surface area contributed by atoms with Crippen molar-refractivity contribution in [2.24, 2.45) is 5.41 Å². The SMILES string of the molecule is CCc1ccc(-c2ccc(C3CCCC(C#N)(CCCCCCCCCCCO)C3)cc2)cc1. The highest BCUT2D eigenvalue weighted by molar-refractivity contribution is 5.64. The summed E-state index contributed by atoms with van der Waals surface area (Å²) in [5.41, 5.74) is 5.23. The van der Waals surface area contributed by atoms with Gasteiger partial charge in [0.2, 0.25) is 0 Å². The molecule has 0 aromatic heterocycles. The molecule has 2 heteroatoms. The molecule has 0 aliphatic heterocycles. The summed E-state index contributed by atoms with van der Waals surface area (Å²) in [4.78, 5) is 0. The highest BCUT2D eigenvalue weighted by Crippen LogP contribution is 2.46. The van der Waals surface area contributed by atoms with E-state index in [1.165, 1.54) is 80.0 Å². The first-order chi connectivity index (χ1) is 16.7. The van der Waals surface area contributed by atoms with E-state index in [0.717, 1.165) is 38.5 Å². The summed E-state index contributed by atoms with van der Waals surface area (Å²) in [6.45, 7) is 2.53. The smallest absolute Gasteiger partial charge is 0.0689 e. The van der Waals surface area contributed by atoms with Gasteiger partial charge in [-0.3, -0.25) is 0 Å². The topological polar surface area (TPSA) is 44.0 Å². The second kappa shape index (κ2) is 14.3. The summed E-state index contributed by atoms with van der Waals surface area (Å²) in [6, 6.07) is 20.8. The van der Waals surface area contributed by atoms with Crippen LogP contribution in [0.5, 0.6) is 0 Å². The minimum Gasteiger partial charge on any atom is -0.396 e. The molecule has 1 aliphatic rings. The molecule has 2 aromatic carbocycles. The lowest BCUT2D eigenvalue weighted by molar-refractivity contribution is 0.218. The molecule has 2 unspecified atom stereocenters. The van der Waals surface area contributed by atoms with Crippen LogP contribution in [0.1, 0.15) is 114 Å². The van der Waals surface area contributed by atoms with Crippen molar-refractivity contribution in [2.75, 3.05) is 6.61 Å². The summed E-state index contributed by atoms with van der Waals surface area (Å²) in [5.74, 6) is 0.517. The van der Waals surface area contributed by atoms with Crippen LogP contribution in [0.15, 0.2) is 48.5 Å². The molecule has 0 spiro atoms. The number of hydrogen-bond acceptors (Lipinski definition) is 2. The second-order valence-electron chi connectivity index (χ2n) is 10.5. The van der Waals surface area contributed by atoms with Gasteiger partial charge in [0.15, 0.2) is 0 Å². The van der Waals surface area contributed by atoms with Gasteiger partial charge in [0, 0.05) is 6.61 Å². The largest absolute Gasteiger partial charge is 0.396 e. The van der Waals surface area contributed by atoms with E-state index in [1.807, 2.05) is 0 Å². The molecule has 2 atom stereocenters. The maximum atomic E-state index is 10.1. The Morgan fingerprint density at radius 3 is 1.94 bits per heavy atom. The highest BCUT2D eigenvalue weighted by atomic mass is 16.2. The fraction of sp³-hybridized carbons (Fsp3) is 0.594. The molecule has 1 fully saturated rings. The van der Waals surface area contributed by atoms with Crippen molar-refractivity contribution in [3.05, 3.63) is 59.7 Å². The molecule has 0 amide bonds. The van der Waals surface area contributed by atoms with Gasteiger partial charge in [-0.25, -0.2) is 0 Å². The zero-order valence-corrected chi connectivity index (χ0v) is 21.4. The quantitative estimate of drug-likeness (QED) is 0.286. The van der Waals surface area contributed by atoms with Crippen LogP contribution in [0.25, 0.3) is 11.1 Å². The monoisotopic (exact) mass is 459 g/mol. The van der Waals surface area contributed by atoms with E-state index in [-0.39, 0.29) is 5.41 Å². The number of aliphatic hydroxyl groups excluding tert-OH is 1. The first kappa shape index (κ1) is 26.5. The summed E-state index contributed by atoms with van der Waals surface area (Å²) < 4.78 is 0. The van der Waals surface area contributed by atoms with E-state index in [9.17, 15) is 5.26 Å². The lowest BCUT2D eigenvalue weighted by Crippen LogP contribution is -2.26. The fourth-order valence-electron chi connectivity index (χ4n) is 5.72. The number of aliphatic hydroxyl groups is 1. The van der Waals surface area contributed by atoms with E-state index in [1.54, 1.807) is 0 Å². The fourth-order valence-corrected chi connectivity index (χ4v) is 5.72. The average molecular weight is 460 g/mol. The van der Waals surface area contributed by atoms with Crippen molar-refractivity contribution in [2.45, 2.75) is 109 Å². The van der Waals surface area contributed by atoms with E-state index in [0.29, 0.717) is 12.5 Å². The van der Waals surface area contributed by atoms with Gasteiger partial charge in [0.05, 0.1) is 11.5 Å². The zero-order chi connectivity index (χ0) is 24.1. The molecule has 1 aliphatic carbocycles. The third-order valence-electron chi connectivity index (χ3n) is 7.97. The summed E-state index contributed by atoms with van der Waals surface area (Å²) >= 11 is 0. The van der Waals surface area contributed by atoms with Gasteiger partial charge in [-0.05, 0) is 66.7 Å². The van der Waals surface area contributed by atoms with E-state index in [4.69, 9.17) is 5.11 Å². The second-order valence-corrected chi connectivity index (χ2v) is 10.5. The van der Waals surface area contributed by atoms with Gasteiger partial charge in [-0.1, -0.05) is 113 Å². The Labute approximate surface area is 208 Å². The molecule has 1 saturated carbocycles. The number of nitriles is 1. The van der Waals surface area contributed by atoms with Gasteiger partial charge in [-0.15, -0.1) is 0 Å². The first-order valence-corrected chi connectivity index (χ1v) is 13.9. The van der Waals surface area contributed by atoms with E-state index >= 15 is 0 Å². The van der Waals surface area contributed by atoms with Crippen molar-refractivity contribution >= 4 is 0 Å². The number of aryl methyl sites for hydroxylation is 1. The van der Waals surface area contributed by atoms with Gasteiger partial charge in [-0.2, -0.15) is 5.26 Å². The maximum Gasteiger partial charge on any atom is 0.0689 e. The molecule has 34 heavy (non-hydrogen) atoms. The number of unbranched alkanes of at least 4 members (excludes halogenated alkanes) is 8. The molecule has 2 aromatic rings. The number of benzene rings is 2. The number of rotatable bonds is 14. The van der Waals surface area contributed by atoms with Crippen LogP contribution in [0.3, 0.4) is 0 Å². The van der Waals surface area contributed by atoms with Crippen molar-refractivity contribution in [3.8, 4) is 17.2 Å². The molecular weight excluding hydrogens is 414 g/mol. The maximum absolute atomic E-state index is 10.1. The lowest BCUT2D eigenvalue weighted by atomic mass is 9.66. The summed E-state index contributed by atoms with van der Waals surface area (Å²) in [6.07, 6.45) is 17.7. The highest BCUT2D eigenvalue weighted by Gasteiger charge is 2.36.